The minimum atomic E-state index is -0.384. The van der Waals surface area contributed by atoms with Crippen LogP contribution in [0.4, 0.5) is 10.1 Å². The Bertz CT molecular complexity index is 632. The Kier molecular flexibility index (Phi) is 3.81. The van der Waals surface area contributed by atoms with E-state index in [0.29, 0.717) is 18.7 Å². The summed E-state index contributed by atoms with van der Waals surface area (Å²) in [6, 6.07) is 9.85. The molecule has 2 heterocycles. The van der Waals surface area contributed by atoms with Gasteiger partial charge in [-0.25, -0.2) is 4.39 Å². The van der Waals surface area contributed by atoms with Gasteiger partial charge in [0.15, 0.2) is 0 Å². The Balaban J connectivity index is 1.63. The zero-order valence-corrected chi connectivity index (χ0v) is 11.5. The van der Waals surface area contributed by atoms with Crippen LogP contribution < -0.4 is 5.32 Å². The highest BCUT2D eigenvalue weighted by atomic mass is 19.1. The molecule has 0 unspecified atom stereocenters. The number of aromatic nitrogens is 1. The van der Waals surface area contributed by atoms with Gasteiger partial charge in [0, 0.05) is 37.1 Å². The summed E-state index contributed by atoms with van der Waals surface area (Å²) in [5.74, 6) is -0.505. The fourth-order valence-corrected chi connectivity index (χ4v) is 2.55. The molecule has 1 amide bonds. The van der Waals surface area contributed by atoms with Crippen molar-refractivity contribution in [1.29, 1.82) is 0 Å². The molecule has 0 saturated carbocycles. The van der Waals surface area contributed by atoms with Gasteiger partial charge in [-0.2, -0.15) is 0 Å². The summed E-state index contributed by atoms with van der Waals surface area (Å²) in [4.78, 5) is 18.1. The number of anilines is 1. The Morgan fingerprint density at radius 3 is 3.00 bits per heavy atom. The number of halogens is 1. The summed E-state index contributed by atoms with van der Waals surface area (Å²) in [5.41, 5.74) is 1.35. The number of likely N-dealkylation sites (tertiary alicyclic amines) is 1. The molecule has 0 bridgehead atoms. The van der Waals surface area contributed by atoms with Crippen LogP contribution in [0.25, 0.3) is 0 Å². The van der Waals surface area contributed by atoms with Gasteiger partial charge in [0.1, 0.15) is 5.82 Å². The van der Waals surface area contributed by atoms with E-state index in [2.05, 4.69) is 10.3 Å². The summed E-state index contributed by atoms with van der Waals surface area (Å²) < 4.78 is 13.2. The molecule has 0 aliphatic carbocycles. The van der Waals surface area contributed by atoms with Crippen LogP contribution in [0, 0.1) is 5.82 Å². The lowest BCUT2D eigenvalue weighted by atomic mass is 10.2. The fraction of sp³-hybridized carbons (Fsp3) is 0.250. The third-order valence-corrected chi connectivity index (χ3v) is 3.58. The Labute approximate surface area is 122 Å². The molecule has 1 fully saturated rings. The minimum Gasteiger partial charge on any atom is -0.379 e. The normalized spacial score (nSPS) is 17.8. The van der Waals surface area contributed by atoms with Crippen molar-refractivity contribution in [2.45, 2.75) is 12.5 Å². The molecule has 5 heteroatoms. The molecule has 4 nitrogen and oxygen atoms in total. The van der Waals surface area contributed by atoms with Gasteiger partial charge in [-0.15, -0.1) is 0 Å². The molecule has 1 aromatic heterocycles. The molecule has 1 saturated heterocycles. The van der Waals surface area contributed by atoms with Crippen molar-refractivity contribution in [1.82, 2.24) is 9.88 Å². The number of benzene rings is 1. The van der Waals surface area contributed by atoms with E-state index in [1.54, 1.807) is 29.4 Å². The fourth-order valence-electron chi connectivity index (χ4n) is 2.55. The second kappa shape index (κ2) is 5.91. The monoisotopic (exact) mass is 285 g/mol. The highest BCUT2D eigenvalue weighted by Crippen LogP contribution is 2.17. The molecule has 2 aromatic rings. The van der Waals surface area contributed by atoms with E-state index in [9.17, 15) is 9.18 Å². The number of carbonyl (C=O) groups is 1. The van der Waals surface area contributed by atoms with Crippen molar-refractivity contribution in [3.05, 3.63) is 60.2 Å². The number of amides is 1. The van der Waals surface area contributed by atoms with Crippen molar-refractivity contribution in [3.63, 3.8) is 0 Å². The zero-order chi connectivity index (χ0) is 14.7. The van der Waals surface area contributed by atoms with Gasteiger partial charge in [0.2, 0.25) is 0 Å². The molecule has 1 aliphatic rings. The van der Waals surface area contributed by atoms with Crippen molar-refractivity contribution in [2.75, 3.05) is 18.4 Å². The van der Waals surface area contributed by atoms with Crippen LogP contribution in [0.3, 0.4) is 0 Å². The zero-order valence-electron chi connectivity index (χ0n) is 11.5. The van der Waals surface area contributed by atoms with E-state index in [4.69, 9.17) is 0 Å². The molecule has 1 aliphatic heterocycles. The maximum atomic E-state index is 13.2. The predicted octanol–water partition coefficient (Wildman–Crippen LogP) is 2.55. The first-order valence-electron chi connectivity index (χ1n) is 6.94. The Hall–Kier alpha value is -2.43. The van der Waals surface area contributed by atoms with Gasteiger partial charge in [-0.05, 0) is 36.8 Å². The minimum absolute atomic E-state index is 0.120. The molecular formula is C16H16FN3O. The van der Waals surface area contributed by atoms with Gasteiger partial charge in [-0.1, -0.05) is 6.07 Å². The van der Waals surface area contributed by atoms with Crippen molar-refractivity contribution < 1.29 is 9.18 Å². The number of rotatable bonds is 3. The summed E-state index contributed by atoms with van der Waals surface area (Å²) in [5, 5.41) is 3.36. The van der Waals surface area contributed by atoms with E-state index in [-0.39, 0.29) is 17.8 Å². The lowest BCUT2D eigenvalue weighted by molar-refractivity contribution is 0.0791. The van der Waals surface area contributed by atoms with Crippen molar-refractivity contribution in [2.24, 2.45) is 0 Å². The SMILES string of the molecule is O=C(c1cccc(F)c1)N1CC[C@H](Nc2cccnc2)C1. The van der Waals surface area contributed by atoms with Crippen molar-refractivity contribution >= 4 is 11.6 Å². The molecule has 1 atom stereocenters. The lowest BCUT2D eigenvalue weighted by Crippen LogP contribution is -2.31. The second-order valence-corrected chi connectivity index (χ2v) is 5.13. The van der Waals surface area contributed by atoms with Crippen molar-refractivity contribution in [3.8, 4) is 0 Å². The number of nitrogens with zero attached hydrogens (tertiary/aromatic N) is 2. The van der Waals surface area contributed by atoms with E-state index in [1.165, 1.54) is 12.1 Å². The van der Waals surface area contributed by atoms with Crippen LogP contribution in [0.5, 0.6) is 0 Å². The highest BCUT2D eigenvalue weighted by molar-refractivity contribution is 5.94. The van der Waals surface area contributed by atoms with E-state index in [1.807, 2.05) is 12.1 Å². The molecule has 3 rings (SSSR count). The number of carbonyl (C=O) groups excluding carboxylic acids is 1. The quantitative estimate of drug-likeness (QED) is 0.942. The molecule has 0 spiro atoms. The van der Waals surface area contributed by atoms with Gasteiger partial charge in [0.05, 0.1) is 5.69 Å². The lowest BCUT2D eigenvalue weighted by Gasteiger charge is -2.17. The first kappa shape index (κ1) is 13.5. The standard InChI is InChI=1S/C16H16FN3O/c17-13-4-1-3-12(9-13)16(21)20-8-6-15(11-20)19-14-5-2-7-18-10-14/h1-5,7,9-10,15,19H,6,8,11H2/t15-/m0/s1. The number of hydrogen-bond acceptors (Lipinski definition) is 3. The Morgan fingerprint density at radius 1 is 1.33 bits per heavy atom. The van der Waals surface area contributed by atoms with Gasteiger partial charge >= 0.3 is 0 Å². The van der Waals surface area contributed by atoms with Crippen LogP contribution in [0.2, 0.25) is 0 Å². The molecule has 21 heavy (non-hydrogen) atoms. The van der Waals surface area contributed by atoms with Gasteiger partial charge in [0.25, 0.3) is 5.91 Å². The smallest absolute Gasteiger partial charge is 0.254 e. The summed E-state index contributed by atoms with van der Waals surface area (Å²) in [6.07, 6.45) is 4.35. The summed E-state index contributed by atoms with van der Waals surface area (Å²) in [6.45, 7) is 1.29. The van der Waals surface area contributed by atoms with Crippen LogP contribution in [0.15, 0.2) is 48.8 Å². The summed E-state index contributed by atoms with van der Waals surface area (Å²) in [7, 11) is 0. The molecule has 0 radical (unpaired) electrons. The molecule has 1 N–H and O–H groups in total. The topological polar surface area (TPSA) is 45.2 Å². The molecule has 1 aromatic carbocycles. The first-order valence-corrected chi connectivity index (χ1v) is 6.94. The van der Waals surface area contributed by atoms with Crippen LogP contribution >= 0.6 is 0 Å². The predicted molar refractivity (Wildman–Crippen MR) is 78.6 cm³/mol. The third kappa shape index (κ3) is 3.18. The van der Waals surface area contributed by atoms with E-state index >= 15 is 0 Å². The maximum Gasteiger partial charge on any atom is 0.254 e. The highest BCUT2D eigenvalue weighted by Gasteiger charge is 2.26. The second-order valence-electron chi connectivity index (χ2n) is 5.13. The van der Waals surface area contributed by atoms with Gasteiger partial charge < -0.3 is 10.2 Å². The average Bonchev–Trinajstić information content (AvgIpc) is 2.96. The third-order valence-electron chi connectivity index (χ3n) is 3.58. The van der Waals surface area contributed by atoms with E-state index < -0.39 is 0 Å². The van der Waals surface area contributed by atoms with Crippen LogP contribution in [-0.4, -0.2) is 34.9 Å². The number of nitrogens with one attached hydrogen (secondary N) is 1. The van der Waals surface area contributed by atoms with Crippen LogP contribution in [0.1, 0.15) is 16.8 Å². The largest absolute Gasteiger partial charge is 0.379 e. The maximum absolute atomic E-state index is 13.2. The van der Waals surface area contributed by atoms with E-state index in [0.717, 1.165) is 12.1 Å². The molecule has 108 valence electrons. The summed E-state index contributed by atoms with van der Waals surface area (Å²) >= 11 is 0. The van der Waals surface area contributed by atoms with Crippen LogP contribution in [-0.2, 0) is 0 Å². The number of hydrogen-bond donors (Lipinski definition) is 1. The molecular weight excluding hydrogens is 269 g/mol. The Morgan fingerprint density at radius 2 is 2.24 bits per heavy atom. The first-order chi connectivity index (χ1) is 10.2. The average molecular weight is 285 g/mol. The van der Waals surface area contributed by atoms with Gasteiger partial charge in [-0.3, -0.25) is 9.78 Å². The number of pyridine rings is 1.